The SMILES string of the molecule is Cn1c(=O)c2c(c3ccccc31)OC(=O)C[C@H]2c1ccco1. The number of carbonyl (C=O) groups is 1. The molecular weight excluding hydrogens is 282 g/mol. The summed E-state index contributed by atoms with van der Waals surface area (Å²) in [4.78, 5) is 24.8. The molecule has 22 heavy (non-hydrogen) atoms. The molecule has 5 nitrogen and oxygen atoms in total. The lowest BCUT2D eigenvalue weighted by atomic mass is 9.90. The summed E-state index contributed by atoms with van der Waals surface area (Å²) in [6.45, 7) is 0. The number of benzene rings is 1. The van der Waals surface area contributed by atoms with Crippen molar-refractivity contribution in [2.75, 3.05) is 0 Å². The van der Waals surface area contributed by atoms with Crippen LogP contribution >= 0.6 is 0 Å². The highest BCUT2D eigenvalue weighted by molar-refractivity contribution is 5.91. The van der Waals surface area contributed by atoms with Gasteiger partial charge in [-0.1, -0.05) is 12.1 Å². The Morgan fingerprint density at radius 1 is 1.14 bits per heavy atom. The minimum absolute atomic E-state index is 0.105. The van der Waals surface area contributed by atoms with Crippen LogP contribution in [-0.4, -0.2) is 10.5 Å². The van der Waals surface area contributed by atoms with E-state index in [0.29, 0.717) is 17.1 Å². The van der Waals surface area contributed by atoms with E-state index in [0.717, 1.165) is 10.9 Å². The van der Waals surface area contributed by atoms with Crippen molar-refractivity contribution in [3.63, 3.8) is 0 Å². The smallest absolute Gasteiger partial charge is 0.312 e. The second-order valence-corrected chi connectivity index (χ2v) is 5.37. The van der Waals surface area contributed by atoms with Crippen LogP contribution in [0.15, 0.2) is 51.9 Å². The number of hydrogen-bond acceptors (Lipinski definition) is 4. The number of fused-ring (bicyclic) bond motifs is 3. The van der Waals surface area contributed by atoms with Crippen LogP contribution in [0.1, 0.15) is 23.7 Å². The zero-order valence-electron chi connectivity index (χ0n) is 11.9. The molecule has 0 bridgehead atoms. The van der Waals surface area contributed by atoms with Gasteiger partial charge in [0.2, 0.25) is 0 Å². The summed E-state index contributed by atoms with van der Waals surface area (Å²) >= 11 is 0. The van der Waals surface area contributed by atoms with E-state index in [9.17, 15) is 9.59 Å². The van der Waals surface area contributed by atoms with Crippen LogP contribution < -0.4 is 10.3 Å². The maximum atomic E-state index is 12.8. The molecule has 0 radical (unpaired) electrons. The number of rotatable bonds is 1. The number of hydrogen-bond donors (Lipinski definition) is 0. The van der Waals surface area contributed by atoms with E-state index in [1.54, 1.807) is 30.0 Å². The molecule has 4 rings (SSSR count). The Labute approximate surface area is 125 Å². The van der Waals surface area contributed by atoms with Crippen LogP contribution in [0.5, 0.6) is 5.75 Å². The summed E-state index contributed by atoms with van der Waals surface area (Å²) in [6, 6.07) is 10.9. The first kappa shape index (κ1) is 12.9. The van der Waals surface area contributed by atoms with Crippen molar-refractivity contribution < 1.29 is 13.9 Å². The molecule has 0 saturated carbocycles. The summed E-state index contributed by atoms with van der Waals surface area (Å²) in [5, 5.41) is 0.754. The fraction of sp³-hybridized carbons (Fsp3) is 0.176. The Bertz CT molecular complexity index is 937. The molecule has 0 amide bonds. The molecular formula is C17H13NO4. The van der Waals surface area contributed by atoms with Gasteiger partial charge in [0.05, 0.1) is 29.7 Å². The lowest BCUT2D eigenvalue weighted by molar-refractivity contribution is -0.135. The van der Waals surface area contributed by atoms with E-state index in [2.05, 4.69) is 0 Å². The first-order chi connectivity index (χ1) is 10.7. The Balaban J connectivity index is 2.11. The zero-order valence-corrected chi connectivity index (χ0v) is 11.9. The number of aryl methyl sites for hydroxylation is 1. The number of pyridine rings is 1. The predicted octanol–water partition coefficient (Wildman–Crippen LogP) is 2.57. The first-order valence-corrected chi connectivity index (χ1v) is 7.02. The van der Waals surface area contributed by atoms with Gasteiger partial charge in [-0.15, -0.1) is 0 Å². The molecule has 1 aromatic carbocycles. The van der Waals surface area contributed by atoms with E-state index < -0.39 is 5.92 Å². The average molecular weight is 295 g/mol. The minimum atomic E-state index is -0.408. The molecule has 1 aliphatic rings. The summed E-state index contributed by atoms with van der Waals surface area (Å²) in [6.07, 6.45) is 1.65. The molecule has 110 valence electrons. The van der Waals surface area contributed by atoms with Gasteiger partial charge < -0.3 is 13.7 Å². The van der Waals surface area contributed by atoms with Crippen molar-refractivity contribution in [1.29, 1.82) is 0 Å². The Kier molecular flexibility index (Phi) is 2.69. The quantitative estimate of drug-likeness (QED) is 0.647. The maximum absolute atomic E-state index is 12.8. The van der Waals surface area contributed by atoms with Gasteiger partial charge in [0, 0.05) is 12.4 Å². The summed E-state index contributed by atoms with van der Waals surface area (Å²) < 4.78 is 12.4. The van der Waals surface area contributed by atoms with Crippen molar-refractivity contribution in [1.82, 2.24) is 4.57 Å². The molecule has 0 aliphatic carbocycles. The monoisotopic (exact) mass is 295 g/mol. The number of para-hydroxylation sites is 1. The minimum Gasteiger partial charge on any atom is -0.469 e. The fourth-order valence-electron chi connectivity index (χ4n) is 3.06. The molecule has 3 aromatic rings. The molecule has 3 heterocycles. The second kappa shape index (κ2) is 4.59. The highest BCUT2D eigenvalue weighted by Crippen LogP contribution is 2.40. The normalized spacial score (nSPS) is 17.3. The highest BCUT2D eigenvalue weighted by Gasteiger charge is 2.34. The van der Waals surface area contributed by atoms with Gasteiger partial charge in [0.1, 0.15) is 11.5 Å². The number of furan rings is 1. The van der Waals surface area contributed by atoms with Crippen molar-refractivity contribution in [2.24, 2.45) is 7.05 Å². The molecule has 5 heteroatoms. The molecule has 0 unspecified atom stereocenters. The van der Waals surface area contributed by atoms with Gasteiger partial charge in [-0.3, -0.25) is 9.59 Å². The molecule has 0 N–H and O–H groups in total. The van der Waals surface area contributed by atoms with Crippen molar-refractivity contribution in [3.8, 4) is 5.75 Å². The van der Waals surface area contributed by atoms with E-state index in [1.807, 2.05) is 24.3 Å². The summed E-state index contributed by atoms with van der Waals surface area (Å²) in [5.41, 5.74) is 1.05. The summed E-state index contributed by atoms with van der Waals surface area (Å²) in [7, 11) is 1.72. The van der Waals surface area contributed by atoms with Crippen molar-refractivity contribution in [3.05, 3.63) is 64.3 Å². The number of aromatic nitrogens is 1. The third-order valence-corrected chi connectivity index (χ3v) is 4.11. The molecule has 0 spiro atoms. The van der Waals surface area contributed by atoms with Gasteiger partial charge in [0.15, 0.2) is 0 Å². The van der Waals surface area contributed by atoms with E-state index in [4.69, 9.17) is 9.15 Å². The topological polar surface area (TPSA) is 61.4 Å². The van der Waals surface area contributed by atoms with E-state index in [-0.39, 0.29) is 17.9 Å². The largest absolute Gasteiger partial charge is 0.469 e. The van der Waals surface area contributed by atoms with Gasteiger partial charge in [-0.25, -0.2) is 0 Å². The number of carbonyl (C=O) groups excluding carboxylic acids is 1. The highest BCUT2D eigenvalue weighted by atomic mass is 16.5. The van der Waals surface area contributed by atoms with Crippen LogP contribution in [0.4, 0.5) is 0 Å². The lowest BCUT2D eigenvalue weighted by Gasteiger charge is -2.24. The van der Waals surface area contributed by atoms with E-state index in [1.165, 1.54) is 0 Å². The number of esters is 1. The fourth-order valence-corrected chi connectivity index (χ4v) is 3.06. The molecule has 0 saturated heterocycles. The Morgan fingerprint density at radius 2 is 1.95 bits per heavy atom. The molecule has 0 fully saturated rings. The van der Waals surface area contributed by atoms with Gasteiger partial charge in [0.25, 0.3) is 5.56 Å². The van der Waals surface area contributed by atoms with Crippen LogP contribution in [0.25, 0.3) is 10.9 Å². The predicted molar refractivity (Wildman–Crippen MR) is 80.0 cm³/mol. The average Bonchev–Trinajstić information content (AvgIpc) is 3.06. The zero-order chi connectivity index (χ0) is 15.3. The van der Waals surface area contributed by atoms with Crippen LogP contribution in [0.3, 0.4) is 0 Å². The van der Waals surface area contributed by atoms with Crippen molar-refractivity contribution in [2.45, 2.75) is 12.3 Å². The second-order valence-electron chi connectivity index (χ2n) is 5.37. The van der Waals surface area contributed by atoms with Crippen LogP contribution in [0, 0.1) is 0 Å². The third-order valence-electron chi connectivity index (χ3n) is 4.11. The van der Waals surface area contributed by atoms with E-state index >= 15 is 0 Å². The lowest BCUT2D eigenvalue weighted by Crippen LogP contribution is -2.31. The molecule has 1 aliphatic heterocycles. The maximum Gasteiger partial charge on any atom is 0.312 e. The Morgan fingerprint density at radius 3 is 2.73 bits per heavy atom. The van der Waals surface area contributed by atoms with Gasteiger partial charge in [-0.2, -0.15) is 0 Å². The number of ether oxygens (including phenoxy) is 1. The molecule has 1 atom stereocenters. The Hall–Kier alpha value is -2.82. The van der Waals surface area contributed by atoms with Gasteiger partial charge >= 0.3 is 5.97 Å². The third kappa shape index (κ3) is 1.72. The number of nitrogens with zero attached hydrogens (tertiary/aromatic N) is 1. The van der Waals surface area contributed by atoms with Crippen LogP contribution in [0.2, 0.25) is 0 Å². The van der Waals surface area contributed by atoms with Crippen LogP contribution in [-0.2, 0) is 11.8 Å². The van der Waals surface area contributed by atoms with Crippen molar-refractivity contribution >= 4 is 16.9 Å². The van der Waals surface area contributed by atoms with Gasteiger partial charge in [-0.05, 0) is 24.3 Å². The molecule has 2 aromatic heterocycles. The standard InChI is InChI=1S/C17H13NO4/c1-18-12-6-3-2-5-10(12)16-15(17(18)20)11(9-14(19)22-16)13-7-4-8-21-13/h2-8,11H,9H2,1H3/t11-/m0/s1. The first-order valence-electron chi connectivity index (χ1n) is 7.02. The summed E-state index contributed by atoms with van der Waals surface area (Å²) in [5.74, 6) is 0.198.